The minimum atomic E-state index is -4.07. The predicted octanol–water partition coefficient (Wildman–Crippen LogP) is 7.40. The summed E-state index contributed by atoms with van der Waals surface area (Å²) in [6, 6.07) is 24.4. The van der Waals surface area contributed by atoms with Crippen LogP contribution in [0.3, 0.4) is 0 Å². The van der Waals surface area contributed by atoms with E-state index in [0.717, 1.165) is 22.3 Å². The molecule has 0 spiro atoms. The van der Waals surface area contributed by atoms with Crippen LogP contribution < -0.4 is 4.74 Å². The minimum absolute atomic E-state index is 0.00956. The number of hydrogen-bond acceptors (Lipinski definition) is 6. The number of phosphoric acid groups is 1. The molecule has 3 aromatic carbocycles. The molecule has 35 heavy (non-hydrogen) atoms. The molecule has 186 valence electrons. The summed E-state index contributed by atoms with van der Waals surface area (Å²) >= 11 is 0. The third-order valence-electron chi connectivity index (χ3n) is 5.34. The van der Waals surface area contributed by atoms with Crippen molar-refractivity contribution in [2.75, 3.05) is 6.61 Å². The van der Waals surface area contributed by atoms with E-state index in [4.69, 9.17) is 18.3 Å². The van der Waals surface area contributed by atoms with Gasteiger partial charge in [-0.1, -0.05) is 107 Å². The molecule has 0 aromatic heterocycles. The molecule has 3 aromatic rings. The maximum Gasteiger partial charge on any atom is 0.475 e. The highest BCUT2D eigenvalue weighted by Crippen LogP contribution is 2.51. The Balaban J connectivity index is 1.71. The van der Waals surface area contributed by atoms with Gasteiger partial charge in [0.05, 0.1) is 13.2 Å². The van der Waals surface area contributed by atoms with Gasteiger partial charge in [-0.15, -0.1) is 0 Å². The lowest BCUT2D eigenvalue weighted by Gasteiger charge is -2.20. The van der Waals surface area contributed by atoms with E-state index in [9.17, 15) is 9.36 Å². The number of benzene rings is 3. The van der Waals surface area contributed by atoms with E-state index >= 15 is 0 Å². The Hall–Kier alpha value is -2.76. The van der Waals surface area contributed by atoms with E-state index in [1.807, 2.05) is 107 Å². The van der Waals surface area contributed by atoms with Gasteiger partial charge in [0.25, 0.3) is 0 Å². The van der Waals surface area contributed by atoms with Crippen LogP contribution in [-0.4, -0.2) is 12.6 Å². The van der Waals surface area contributed by atoms with Gasteiger partial charge in [0.1, 0.15) is 5.75 Å². The fraction of sp³-hybridized carbons (Fsp3) is 0.321. The largest absolute Gasteiger partial charge is 0.475 e. The summed E-state index contributed by atoms with van der Waals surface area (Å²) in [7, 11) is -4.07. The third-order valence-corrected chi connectivity index (χ3v) is 6.68. The molecule has 0 saturated carbocycles. The zero-order valence-electron chi connectivity index (χ0n) is 20.7. The van der Waals surface area contributed by atoms with Crippen molar-refractivity contribution < 1.29 is 27.7 Å². The summed E-state index contributed by atoms with van der Waals surface area (Å²) in [5, 5.41) is 0. The Labute approximate surface area is 207 Å². The molecule has 0 radical (unpaired) electrons. The lowest BCUT2D eigenvalue weighted by atomic mass is 9.94. The van der Waals surface area contributed by atoms with Gasteiger partial charge in [-0.3, -0.25) is 13.6 Å². The summed E-state index contributed by atoms with van der Waals surface area (Å²) in [6.07, 6.45) is 0. The van der Waals surface area contributed by atoms with Crippen LogP contribution in [0.25, 0.3) is 0 Å². The molecule has 0 aliphatic rings. The summed E-state index contributed by atoms with van der Waals surface area (Å²) in [6.45, 7) is 7.59. The smallest absolute Gasteiger partial charge is 0.424 e. The van der Waals surface area contributed by atoms with Gasteiger partial charge in [0.2, 0.25) is 0 Å². The monoisotopic (exact) mass is 496 g/mol. The van der Waals surface area contributed by atoms with Crippen molar-refractivity contribution in [2.45, 2.75) is 52.7 Å². The highest BCUT2D eigenvalue weighted by atomic mass is 31.2. The summed E-state index contributed by atoms with van der Waals surface area (Å²) in [5.74, 6) is 0.169. The van der Waals surface area contributed by atoms with Crippen LogP contribution >= 0.6 is 7.82 Å². The summed E-state index contributed by atoms with van der Waals surface area (Å²) < 4.78 is 35.7. The number of phosphoric ester groups is 1. The molecule has 0 heterocycles. The van der Waals surface area contributed by atoms with Gasteiger partial charge in [0.15, 0.2) is 6.61 Å². The fourth-order valence-corrected chi connectivity index (χ4v) is 4.54. The topological polar surface area (TPSA) is 71.1 Å². The standard InChI is InChI=1S/C28H33O6P/c1-21(2)25-16-11-17-26(22(3)4)28(25)34-27(29)20-33-35(30,31-18-23-12-7-5-8-13-23)32-19-24-14-9-6-10-15-24/h5-17,21-22H,18-20H2,1-4H3. The van der Waals surface area contributed by atoms with Crippen LogP contribution in [0.2, 0.25) is 0 Å². The molecule has 0 fully saturated rings. The molecule has 0 amide bonds. The highest BCUT2D eigenvalue weighted by Gasteiger charge is 2.29. The van der Waals surface area contributed by atoms with Crippen LogP contribution in [-0.2, 0) is 36.1 Å². The molecular formula is C28H33O6P. The first-order valence-electron chi connectivity index (χ1n) is 11.7. The molecule has 0 N–H and O–H groups in total. The highest BCUT2D eigenvalue weighted by molar-refractivity contribution is 7.48. The van der Waals surface area contributed by atoms with Crippen molar-refractivity contribution in [2.24, 2.45) is 0 Å². The molecule has 0 atom stereocenters. The lowest BCUT2D eigenvalue weighted by Crippen LogP contribution is -2.18. The molecular weight excluding hydrogens is 463 g/mol. The van der Waals surface area contributed by atoms with Crippen LogP contribution in [0.4, 0.5) is 0 Å². The molecule has 0 saturated heterocycles. The Bertz CT molecular complexity index is 1050. The Kier molecular flexibility index (Phi) is 9.82. The van der Waals surface area contributed by atoms with Gasteiger partial charge in [-0.25, -0.2) is 9.36 Å². The second-order valence-electron chi connectivity index (χ2n) is 8.79. The van der Waals surface area contributed by atoms with Crippen molar-refractivity contribution in [1.29, 1.82) is 0 Å². The van der Waals surface area contributed by atoms with Gasteiger partial charge in [-0.2, -0.15) is 0 Å². The zero-order valence-corrected chi connectivity index (χ0v) is 21.6. The average molecular weight is 497 g/mol. The molecule has 0 unspecified atom stereocenters. The van der Waals surface area contributed by atoms with Gasteiger partial charge in [-0.05, 0) is 34.1 Å². The van der Waals surface area contributed by atoms with E-state index in [0.29, 0.717) is 5.75 Å². The second-order valence-corrected chi connectivity index (χ2v) is 10.5. The predicted molar refractivity (Wildman–Crippen MR) is 136 cm³/mol. The Morgan fingerprint density at radius 1 is 0.686 bits per heavy atom. The number of hydrogen-bond donors (Lipinski definition) is 0. The van der Waals surface area contributed by atoms with E-state index in [2.05, 4.69) is 0 Å². The normalized spacial score (nSPS) is 11.7. The first-order valence-corrected chi connectivity index (χ1v) is 13.2. The van der Waals surface area contributed by atoms with Crippen molar-refractivity contribution in [3.05, 3.63) is 101 Å². The quantitative estimate of drug-likeness (QED) is 0.148. The fourth-order valence-electron chi connectivity index (χ4n) is 3.44. The van der Waals surface area contributed by atoms with Crippen LogP contribution in [0.5, 0.6) is 5.75 Å². The molecule has 3 rings (SSSR count). The zero-order chi connectivity index (χ0) is 25.3. The second kappa shape index (κ2) is 12.8. The Morgan fingerprint density at radius 2 is 1.14 bits per heavy atom. The summed E-state index contributed by atoms with van der Waals surface area (Å²) in [4.78, 5) is 12.8. The number of carbonyl (C=O) groups is 1. The van der Waals surface area contributed by atoms with Crippen molar-refractivity contribution >= 4 is 13.8 Å². The number of carbonyl (C=O) groups excluding carboxylic acids is 1. The molecule has 0 aliphatic carbocycles. The van der Waals surface area contributed by atoms with Crippen molar-refractivity contribution in [1.82, 2.24) is 0 Å². The number of para-hydroxylation sites is 1. The minimum Gasteiger partial charge on any atom is -0.424 e. The molecule has 7 heteroatoms. The summed E-state index contributed by atoms with van der Waals surface area (Å²) in [5.41, 5.74) is 3.45. The SMILES string of the molecule is CC(C)c1cccc(C(C)C)c1OC(=O)COP(=O)(OCc1ccccc1)OCc1ccccc1. The van der Waals surface area contributed by atoms with Crippen LogP contribution in [0.1, 0.15) is 61.8 Å². The van der Waals surface area contributed by atoms with Gasteiger partial charge >= 0.3 is 13.8 Å². The molecule has 0 bridgehead atoms. The van der Waals surface area contributed by atoms with Crippen molar-refractivity contribution in [3.8, 4) is 5.75 Å². The maximum atomic E-state index is 13.4. The van der Waals surface area contributed by atoms with Gasteiger partial charge < -0.3 is 4.74 Å². The Morgan fingerprint density at radius 3 is 1.57 bits per heavy atom. The van der Waals surface area contributed by atoms with E-state index < -0.39 is 20.4 Å². The van der Waals surface area contributed by atoms with Gasteiger partial charge in [0, 0.05) is 0 Å². The number of ether oxygens (including phenoxy) is 1. The van der Waals surface area contributed by atoms with E-state index in [-0.39, 0.29) is 25.0 Å². The molecule has 6 nitrogen and oxygen atoms in total. The van der Waals surface area contributed by atoms with Crippen molar-refractivity contribution in [3.63, 3.8) is 0 Å². The average Bonchev–Trinajstić information content (AvgIpc) is 2.86. The molecule has 0 aliphatic heterocycles. The lowest BCUT2D eigenvalue weighted by molar-refractivity contribution is -0.137. The first kappa shape index (κ1) is 26.8. The number of esters is 1. The van der Waals surface area contributed by atoms with Crippen LogP contribution in [0.15, 0.2) is 78.9 Å². The number of rotatable bonds is 12. The van der Waals surface area contributed by atoms with E-state index in [1.54, 1.807) is 0 Å². The van der Waals surface area contributed by atoms with Crippen LogP contribution in [0, 0.1) is 0 Å². The third kappa shape index (κ3) is 8.15. The maximum absolute atomic E-state index is 13.4. The first-order chi connectivity index (χ1) is 16.8. The van der Waals surface area contributed by atoms with E-state index in [1.165, 1.54) is 0 Å².